The molecule has 104 valence electrons. The fourth-order valence-electron chi connectivity index (χ4n) is 2.35. The van der Waals surface area contributed by atoms with Gasteiger partial charge in [0.2, 0.25) is 0 Å². The second kappa shape index (κ2) is 6.12. The van der Waals surface area contributed by atoms with E-state index in [9.17, 15) is 0 Å². The molecule has 2 aromatic rings. The molecule has 3 heteroatoms. The summed E-state index contributed by atoms with van der Waals surface area (Å²) in [6.07, 6.45) is 3.80. The van der Waals surface area contributed by atoms with E-state index in [1.165, 1.54) is 14.2 Å². The smallest absolute Gasteiger partial charge is 0.0601 e. The average Bonchev–Trinajstić information content (AvgIpc) is 2.53. The van der Waals surface area contributed by atoms with Crippen LogP contribution in [-0.4, -0.2) is 0 Å². The number of halogens is 1. The van der Waals surface area contributed by atoms with Crippen LogP contribution in [0.15, 0.2) is 89.3 Å². The molecule has 0 saturated carbocycles. The quantitative estimate of drug-likeness (QED) is 0.568. The molecule has 21 heavy (non-hydrogen) atoms. The molecule has 0 bridgehead atoms. The first-order valence-corrected chi connectivity index (χ1v) is 8.46. The van der Waals surface area contributed by atoms with Gasteiger partial charge in [0.25, 0.3) is 0 Å². The van der Waals surface area contributed by atoms with Crippen molar-refractivity contribution in [3.63, 3.8) is 0 Å². The van der Waals surface area contributed by atoms with Crippen molar-refractivity contribution in [1.82, 2.24) is 0 Å². The molecule has 0 fully saturated rings. The Labute approximate surface area is 143 Å². The second-order valence-electron chi connectivity index (χ2n) is 4.54. The number of fused-ring (bicyclic) bond motifs is 1. The summed E-state index contributed by atoms with van der Waals surface area (Å²) in [5.41, 5.74) is 3.40. The van der Waals surface area contributed by atoms with E-state index in [4.69, 9.17) is 0 Å². The molecule has 0 aromatic heterocycles. The third-order valence-corrected chi connectivity index (χ3v) is 5.16. The van der Waals surface area contributed by atoms with Gasteiger partial charge in [0.15, 0.2) is 0 Å². The lowest BCUT2D eigenvalue weighted by atomic mass is 10.2. The van der Waals surface area contributed by atoms with E-state index in [1.807, 2.05) is 12.2 Å². The summed E-state index contributed by atoms with van der Waals surface area (Å²) in [6.45, 7) is 7.93. The lowest BCUT2D eigenvalue weighted by molar-refractivity contribution is 1.15. The summed E-state index contributed by atoms with van der Waals surface area (Å²) in [4.78, 5) is 4.60. The topological polar surface area (TPSA) is 3.24 Å². The van der Waals surface area contributed by atoms with Gasteiger partial charge in [-0.1, -0.05) is 43.1 Å². The number of allylic oxidation sites excluding steroid dienone is 2. The van der Waals surface area contributed by atoms with Crippen molar-refractivity contribution in [3.05, 3.63) is 88.0 Å². The summed E-state index contributed by atoms with van der Waals surface area (Å²) in [6, 6.07) is 16.9. The Morgan fingerprint density at radius 1 is 0.952 bits per heavy atom. The molecule has 1 nitrogen and oxygen atoms in total. The fraction of sp³-hybridized carbons (Fsp3) is 0. The first-order chi connectivity index (χ1) is 10.2. The molecule has 0 atom stereocenters. The number of benzene rings is 2. The second-order valence-corrected chi connectivity index (χ2v) is 6.87. The van der Waals surface area contributed by atoms with Crippen molar-refractivity contribution < 1.29 is 0 Å². The molecule has 0 radical (unpaired) electrons. The first kappa shape index (κ1) is 14.5. The zero-order chi connectivity index (χ0) is 14.8. The highest BCUT2D eigenvalue weighted by Crippen LogP contribution is 2.47. The van der Waals surface area contributed by atoms with Gasteiger partial charge in [-0.3, -0.25) is 0 Å². The van der Waals surface area contributed by atoms with Gasteiger partial charge < -0.3 is 4.90 Å². The Hall–Kier alpha value is -1.46. The van der Waals surface area contributed by atoms with E-state index >= 15 is 0 Å². The first-order valence-electron chi connectivity index (χ1n) is 6.56. The lowest BCUT2D eigenvalue weighted by Gasteiger charge is -2.33. The molecule has 1 heterocycles. The van der Waals surface area contributed by atoms with Crippen LogP contribution in [0.1, 0.15) is 0 Å². The minimum absolute atomic E-state index is 1.08. The predicted octanol–water partition coefficient (Wildman–Crippen LogP) is 6.12. The van der Waals surface area contributed by atoms with Crippen LogP contribution in [0.25, 0.3) is 0 Å². The summed E-state index contributed by atoms with van der Waals surface area (Å²) < 4.78 is 1.23. The van der Waals surface area contributed by atoms with Crippen molar-refractivity contribution in [2.45, 2.75) is 4.90 Å². The summed E-state index contributed by atoms with van der Waals surface area (Å²) >= 11 is 4.06. The largest absolute Gasteiger partial charge is 0.308 e. The van der Waals surface area contributed by atoms with Gasteiger partial charge >= 0.3 is 0 Å². The molecule has 0 spiro atoms. The Balaban J connectivity index is 2.22. The fourth-order valence-corrected chi connectivity index (χ4v) is 3.71. The Morgan fingerprint density at radius 2 is 1.67 bits per heavy atom. The van der Waals surface area contributed by atoms with Crippen LogP contribution in [-0.2, 0) is 0 Å². The maximum Gasteiger partial charge on any atom is 0.0601 e. The normalized spacial score (nSPS) is 13.9. The maximum atomic E-state index is 3.99. The van der Waals surface area contributed by atoms with Crippen molar-refractivity contribution >= 4 is 45.7 Å². The van der Waals surface area contributed by atoms with Crippen LogP contribution in [0.3, 0.4) is 0 Å². The molecule has 1 aliphatic rings. The van der Waals surface area contributed by atoms with E-state index < -0.39 is 0 Å². The lowest BCUT2D eigenvalue weighted by Crippen LogP contribution is -2.19. The van der Waals surface area contributed by atoms with Crippen molar-refractivity contribution in [3.8, 4) is 0 Å². The molecule has 0 aliphatic carbocycles. The van der Waals surface area contributed by atoms with E-state index in [-0.39, 0.29) is 0 Å². The highest BCUT2D eigenvalue weighted by Gasteiger charge is 2.23. The van der Waals surface area contributed by atoms with Crippen molar-refractivity contribution in [2.24, 2.45) is 0 Å². The number of hydrogen-bond acceptors (Lipinski definition) is 2. The molecule has 1 aliphatic heterocycles. The van der Waals surface area contributed by atoms with Crippen LogP contribution >= 0.6 is 34.4 Å². The van der Waals surface area contributed by atoms with Gasteiger partial charge in [-0.05, 0) is 65.1 Å². The Morgan fingerprint density at radius 3 is 2.33 bits per heavy atom. The third-order valence-electron chi connectivity index (χ3n) is 3.28. The molecule has 2 aromatic carbocycles. The SMILES string of the molecule is C=CC1=C(C=C)N(c2ccc(I)cc2)c2ccccc2S1. The number of anilines is 2. The van der Waals surface area contributed by atoms with E-state index in [2.05, 4.69) is 89.2 Å². The molecule has 0 N–H and O–H groups in total. The standard InChI is InChI=1S/C18H14INS/c1-3-15-17(4-2)21-18-8-6-5-7-16(18)20(15)14-11-9-13(19)10-12-14/h3-12H,1-2H2. The summed E-state index contributed by atoms with van der Waals surface area (Å²) in [5, 5.41) is 0. The molecular weight excluding hydrogens is 389 g/mol. The molecule has 0 saturated heterocycles. The molecule has 3 rings (SSSR count). The van der Waals surface area contributed by atoms with E-state index in [1.54, 1.807) is 11.8 Å². The van der Waals surface area contributed by atoms with Crippen LogP contribution in [0.5, 0.6) is 0 Å². The monoisotopic (exact) mass is 403 g/mol. The molecule has 0 unspecified atom stereocenters. The third kappa shape index (κ3) is 2.68. The van der Waals surface area contributed by atoms with Crippen molar-refractivity contribution in [1.29, 1.82) is 0 Å². The van der Waals surface area contributed by atoms with Gasteiger partial charge in [-0.2, -0.15) is 0 Å². The molecular formula is C18H14INS. The summed E-state index contributed by atoms with van der Waals surface area (Å²) in [5.74, 6) is 0. The highest BCUT2D eigenvalue weighted by atomic mass is 127. The van der Waals surface area contributed by atoms with E-state index in [0.29, 0.717) is 0 Å². The van der Waals surface area contributed by atoms with Crippen molar-refractivity contribution in [2.75, 3.05) is 4.90 Å². The van der Waals surface area contributed by atoms with Gasteiger partial charge in [0.05, 0.1) is 11.4 Å². The highest BCUT2D eigenvalue weighted by molar-refractivity contribution is 14.1. The van der Waals surface area contributed by atoms with Crippen LogP contribution in [0, 0.1) is 3.57 Å². The van der Waals surface area contributed by atoms with Gasteiger partial charge in [-0.15, -0.1) is 0 Å². The Bertz CT molecular complexity index is 731. The zero-order valence-corrected chi connectivity index (χ0v) is 14.4. The number of para-hydroxylation sites is 1. The Kier molecular flexibility index (Phi) is 4.22. The number of thioether (sulfide) groups is 1. The zero-order valence-electron chi connectivity index (χ0n) is 11.4. The molecule has 0 amide bonds. The predicted molar refractivity (Wildman–Crippen MR) is 101 cm³/mol. The number of rotatable bonds is 3. The minimum Gasteiger partial charge on any atom is -0.308 e. The van der Waals surface area contributed by atoms with Crippen LogP contribution in [0.4, 0.5) is 11.4 Å². The average molecular weight is 403 g/mol. The van der Waals surface area contributed by atoms with E-state index in [0.717, 1.165) is 16.3 Å². The van der Waals surface area contributed by atoms with Crippen LogP contribution < -0.4 is 4.90 Å². The maximum absolute atomic E-state index is 3.99. The summed E-state index contributed by atoms with van der Waals surface area (Å²) in [7, 11) is 0. The van der Waals surface area contributed by atoms with Gasteiger partial charge in [-0.25, -0.2) is 0 Å². The van der Waals surface area contributed by atoms with Crippen LogP contribution in [0.2, 0.25) is 0 Å². The number of hydrogen-bond donors (Lipinski definition) is 0. The van der Waals surface area contributed by atoms with Gasteiger partial charge in [0.1, 0.15) is 0 Å². The minimum atomic E-state index is 1.08. The van der Waals surface area contributed by atoms with Gasteiger partial charge in [0, 0.05) is 19.1 Å². The number of nitrogens with zero attached hydrogens (tertiary/aromatic N) is 1.